The number of carbonyl (C=O) groups is 1. The van der Waals surface area contributed by atoms with Crippen molar-refractivity contribution in [1.29, 1.82) is 0 Å². The molecule has 0 spiro atoms. The fraction of sp³-hybridized carbons (Fsp3) is 0.0952. The van der Waals surface area contributed by atoms with Crippen molar-refractivity contribution in [3.05, 3.63) is 87.0 Å². The summed E-state index contributed by atoms with van der Waals surface area (Å²) in [5.41, 5.74) is 3.68. The van der Waals surface area contributed by atoms with Crippen LogP contribution in [0.5, 0.6) is 0 Å². The molecule has 0 heterocycles. The van der Waals surface area contributed by atoms with E-state index >= 15 is 0 Å². The van der Waals surface area contributed by atoms with E-state index in [-0.39, 0.29) is 10.8 Å². The lowest BCUT2D eigenvalue weighted by atomic mass is 10.1. The van der Waals surface area contributed by atoms with Gasteiger partial charge in [-0.3, -0.25) is 9.52 Å². The zero-order valence-electron chi connectivity index (χ0n) is 15.4. The molecule has 0 unspecified atom stereocenters. The molecule has 0 aliphatic rings. The van der Waals surface area contributed by atoms with Crippen LogP contribution in [0, 0.1) is 17.4 Å². The van der Waals surface area contributed by atoms with Crippen LogP contribution in [0.15, 0.2) is 71.6 Å². The first-order valence-corrected chi connectivity index (χ1v) is 11.1. The fourth-order valence-electron chi connectivity index (χ4n) is 2.57. The number of carbonyl (C=O) groups excluding carboxylic acids is 1. The second kappa shape index (κ2) is 8.32. The minimum Gasteiger partial charge on any atom is -0.322 e. The van der Waals surface area contributed by atoms with E-state index in [4.69, 9.17) is 0 Å². The van der Waals surface area contributed by atoms with Crippen molar-refractivity contribution in [3.63, 3.8) is 0 Å². The molecule has 3 rings (SSSR count). The van der Waals surface area contributed by atoms with Gasteiger partial charge in [0.25, 0.3) is 15.9 Å². The number of amides is 1. The van der Waals surface area contributed by atoms with Gasteiger partial charge in [-0.15, -0.1) is 0 Å². The third-order valence-electron chi connectivity index (χ3n) is 4.27. The van der Waals surface area contributed by atoms with E-state index < -0.39 is 10.0 Å². The molecule has 144 valence electrons. The Labute approximate surface area is 178 Å². The smallest absolute Gasteiger partial charge is 0.261 e. The number of hydrogen-bond donors (Lipinski definition) is 2. The minimum atomic E-state index is -3.71. The summed E-state index contributed by atoms with van der Waals surface area (Å²) in [4.78, 5) is 12.4. The molecule has 2 N–H and O–H groups in total. The van der Waals surface area contributed by atoms with Crippen LogP contribution in [0.3, 0.4) is 0 Å². The number of aryl methyl sites for hydroxylation is 2. The standard InChI is InChI=1S/C21H19IN2O3S/c1-14-6-7-19(12-15(14)2)24-28(26,27)20-10-8-18(9-11-20)23-21(25)16-4-3-5-17(22)13-16/h3-13,24H,1-2H3,(H,23,25). The van der Waals surface area contributed by atoms with Crippen molar-refractivity contribution in [3.8, 4) is 0 Å². The summed E-state index contributed by atoms with van der Waals surface area (Å²) in [6.07, 6.45) is 0. The lowest BCUT2D eigenvalue weighted by Gasteiger charge is -2.11. The van der Waals surface area contributed by atoms with Crippen LogP contribution in [-0.2, 0) is 10.0 Å². The highest BCUT2D eigenvalue weighted by atomic mass is 127. The SMILES string of the molecule is Cc1ccc(NS(=O)(=O)c2ccc(NC(=O)c3cccc(I)c3)cc2)cc1C. The van der Waals surface area contributed by atoms with Gasteiger partial charge in [-0.1, -0.05) is 12.1 Å². The van der Waals surface area contributed by atoms with Gasteiger partial charge >= 0.3 is 0 Å². The van der Waals surface area contributed by atoms with Gasteiger partial charge in [-0.25, -0.2) is 8.42 Å². The maximum absolute atomic E-state index is 12.6. The summed E-state index contributed by atoms with van der Waals surface area (Å²) >= 11 is 2.14. The van der Waals surface area contributed by atoms with Gasteiger partial charge in [0.2, 0.25) is 0 Å². The monoisotopic (exact) mass is 506 g/mol. The molecule has 1 amide bonds. The molecular formula is C21H19IN2O3S. The Hall–Kier alpha value is -2.39. The summed E-state index contributed by atoms with van der Waals surface area (Å²) in [5.74, 6) is -0.248. The predicted octanol–water partition coefficient (Wildman–Crippen LogP) is 4.96. The topological polar surface area (TPSA) is 75.3 Å². The van der Waals surface area contributed by atoms with Crippen LogP contribution in [0.2, 0.25) is 0 Å². The number of anilines is 2. The zero-order chi connectivity index (χ0) is 20.3. The van der Waals surface area contributed by atoms with Gasteiger partial charge in [-0.2, -0.15) is 0 Å². The lowest BCUT2D eigenvalue weighted by Crippen LogP contribution is -2.14. The molecule has 0 fully saturated rings. The Morgan fingerprint density at radius 1 is 0.857 bits per heavy atom. The van der Waals surface area contributed by atoms with Gasteiger partial charge in [0.05, 0.1) is 4.90 Å². The molecule has 0 bridgehead atoms. The number of halogens is 1. The molecule has 0 aliphatic heterocycles. The number of hydrogen-bond acceptors (Lipinski definition) is 3. The van der Waals surface area contributed by atoms with Gasteiger partial charge < -0.3 is 5.32 Å². The first kappa shape index (κ1) is 20.3. The first-order chi connectivity index (χ1) is 13.2. The maximum Gasteiger partial charge on any atom is 0.261 e. The molecule has 0 atom stereocenters. The Morgan fingerprint density at radius 2 is 1.54 bits per heavy atom. The summed E-state index contributed by atoms with van der Waals surface area (Å²) in [7, 11) is -3.71. The molecular weight excluding hydrogens is 487 g/mol. The van der Waals surface area contributed by atoms with Crippen LogP contribution in [0.1, 0.15) is 21.5 Å². The maximum atomic E-state index is 12.6. The van der Waals surface area contributed by atoms with Crippen molar-refractivity contribution < 1.29 is 13.2 Å². The second-order valence-corrected chi connectivity index (χ2v) is 9.32. The van der Waals surface area contributed by atoms with E-state index in [0.29, 0.717) is 16.9 Å². The Bertz CT molecular complexity index is 1130. The normalized spacial score (nSPS) is 11.1. The van der Waals surface area contributed by atoms with E-state index in [0.717, 1.165) is 14.7 Å². The van der Waals surface area contributed by atoms with Crippen molar-refractivity contribution in [2.45, 2.75) is 18.7 Å². The highest BCUT2D eigenvalue weighted by molar-refractivity contribution is 14.1. The van der Waals surface area contributed by atoms with Gasteiger partial charge in [0.15, 0.2) is 0 Å². The van der Waals surface area contributed by atoms with Crippen molar-refractivity contribution in [2.24, 2.45) is 0 Å². The first-order valence-electron chi connectivity index (χ1n) is 8.52. The zero-order valence-corrected chi connectivity index (χ0v) is 18.3. The summed E-state index contributed by atoms with van der Waals surface area (Å²) in [6.45, 7) is 3.90. The van der Waals surface area contributed by atoms with Crippen molar-refractivity contribution in [1.82, 2.24) is 0 Å². The molecule has 0 saturated heterocycles. The number of nitrogens with one attached hydrogen (secondary N) is 2. The lowest BCUT2D eigenvalue weighted by molar-refractivity contribution is 0.102. The third-order valence-corrected chi connectivity index (χ3v) is 6.34. The third kappa shape index (κ3) is 4.90. The number of rotatable bonds is 5. The molecule has 0 radical (unpaired) electrons. The van der Waals surface area contributed by atoms with E-state index in [9.17, 15) is 13.2 Å². The second-order valence-electron chi connectivity index (χ2n) is 6.39. The number of benzene rings is 3. The van der Waals surface area contributed by atoms with Crippen LogP contribution >= 0.6 is 22.6 Å². The quantitative estimate of drug-likeness (QED) is 0.481. The average Bonchev–Trinajstić information content (AvgIpc) is 2.65. The highest BCUT2D eigenvalue weighted by Gasteiger charge is 2.15. The van der Waals surface area contributed by atoms with Crippen LogP contribution < -0.4 is 10.0 Å². The van der Waals surface area contributed by atoms with Gasteiger partial charge in [0.1, 0.15) is 0 Å². The van der Waals surface area contributed by atoms with E-state index in [2.05, 4.69) is 32.6 Å². The Morgan fingerprint density at radius 3 is 2.18 bits per heavy atom. The molecule has 5 nitrogen and oxygen atoms in total. The van der Waals surface area contributed by atoms with Gasteiger partial charge in [-0.05, 0) is 102 Å². The molecule has 0 aliphatic carbocycles. The Balaban J connectivity index is 1.74. The molecule has 3 aromatic rings. The average molecular weight is 506 g/mol. The summed E-state index contributed by atoms with van der Waals surface area (Å²) in [6, 6.07) is 18.7. The van der Waals surface area contributed by atoms with Gasteiger partial charge in [0, 0.05) is 20.5 Å². The summed E-state index contributed by atoms with van der Waals surface area (Å²) in [5, 5.41) is 2.77. The van der Waals surface area contributed by atoms with Crippen LogP contribution in [0.4, 0.5) is 11.4 Å². The molecule has 0 aromatic heterocycles. The molecule has 7 heteroatoms. The van der Waals surface area contributed by atoms with Crippen molar-refractivity contribution in [2.75, 3.05) is 10.0 Å². The Kier molecular flexibility index (Phi) is 6.04. The van der Waals surface area contributed by atoms with E-state index in [1.54, 1.807) is 36.4 Å². The molecule has 28 heavy (non-hydrogen) atoms. The van der Waals surface area contributed by atoms with Crippen LogP contribution in [0.25, 0.3) is 0 Å². The minimum absolute atomic E-state index is 0.123. The summed E-state index contributed by atoms with van der Waals surface area (Å²) < 4.78 is 28.7. The largest absolute Gasteiger partial charge is 0.322 e. The molecule has 3 aromatic carbocycles. The van der Waals surface area contributed by atoms with E-state index in [1.807, 2.05) is 32.0 Å². The number of sulfonamides is 1. The molecule has 0 saturated carbocycles. The van der Waals surface area contributed by atoms with E-state index in [1.165, 1.54) is 12.1 Å². The van der Waals surface area contributed by atoms with Crippen LogP contribution in [-0.4, -0.2) is 14.3 Å². The fourth-order valence-corrected chi connectivity index (χ4v) is 4.16. The predicted molar refractivity (Wildman–Crippen MR) is 120 cm³/mol. The highest BCUT2D eigenvalue weighted by Crippen LogP contribution is 2.21. The van der Waals surface area contributed by atoms with Crippen molar-refractivity contribution >= 4 is 49.9 Å².